The van der Waals surface area contributed by atoms with Gasteiger partial charge < -0.3 is 5.32 Å². The standard InChI is InChI=1S/C20H15F3N4O/c1-10(11-6-15(21)18(23)16(22)7-11)12-8-17(27-26-9-12)19-13-2-5-25-20(28)14(13)3-4-24-19/h3-4,6-10H,2,5H2,1H3,(H,25,28). The van der Waals surface area contributed by atoms with Crippen LogP contribution in [-0.2, 0) is 6.42 Å². The number of pyridine rings is 1. The fraction of sp³-hybridized carbons (Fsp3) is 0.200. The second kappa shape index (κ2) is 7.03. The van der Waals surface area contributed by atoms with Crippen LogP contribution in [0.1, 0.15) is 39.9 Å². The number of benzene rings is 1. The molecule has 1 N–H and O–H groups in total. The Bertz CT molecular complexity index is 1060. The number of carbonyl (C=O) groups is 1. The minimum absolute atomic E-state index is 0.167. The van der Waals surface area contributed by atoms with Gasteiger partial charge in [0.05, 0.1) is 11.9 Å². The molecule has 8 heteroatoms. The zero-order chi connectivity index (χ0) is 19.8. The predicted molar refractivity (Wildman–Crippen MR) is 95.1 cm³/mol. The van der Waals surface area contributed by atoms with Crippen molar-refractivity contribution in [2.75, 3.05) is 6.54 Å². The van der Waals surface area contributed by atoms with Gasteiger partial charge in [0.25, 0.3) is 5.91 Å². The van der Waals surface area contributed by atoms with Crippen LogP contribution in [-0.4, -0.2) is 27.6 Å². The van der Waals surface area contributed by atoms with E-state index in [9.17, 15) is 18.0 Å². The van der Waals surface area contributed by atoms with E-state index in [1.54, 1.807) is 19.1 Å². The summed E-state index contributed by atoms with van der Waals surface area (Å²) in [6, 6.07) is 5.30. The first-order chi connectivity index (χ1) is 13.5. The van der Waals surface area contributed by atoms with Gasteiger partial charge in [-0.3, -0.25) is 9.78 Å². The second-order valence-corrected chi connectivity index (χ2v) is 6.59. The number of rotatable bonds is 3. The maximum Gasteiger partial charge on any atom is 0.251 e. The van der Waals surface area contributed by atoms with Crippen LogP contribution in [0.3, 0.4) is 0 Å². The highest BCUT2D eigenvalue weighted by Crippen LogP contribution is 2.30. The molecule has 1 aromatic carbocycles. The lowest BCUT2D eigenvalue weighted by atomic mass is 9.92. The summed E-state index contributed by atoms with van der Waals surface area (Å²) in [6.07, 6.45) is 3.62. The SMILES string of the molecule is CC(c1cnnc(-c2nccc3c2CCNC3=O)c1)c1cc(F)c(F)c(F)c1. The van der Waals surface area contributed by atoms with Gasteiger partial charge in [0.2, 0.25) is 0 Å². The molecule has 1 atom stereocenters. The Hall–Kier alpha value is -3.29. The van der Waals surface area contributed by atoms with Gasteiger partial charge in [0.1, 0.15) is 5.69 Å². The Kier molecular flexibility index (Phi) is 4.54. The van der Waals surface area contributed by atoms with Crippen LogP contribution in [0.5, 0.6) is 0 Å². The van der Waals surface area contributed by atoms with Crippen molar-refractivity contribution in [2.45, 2.75) is 19.3 Å². The molecule has 1 unspecified atom stereocenters. The van der Waals surface area contributed by atoms with Crippen molar-refractivity contribution >= 4 is 5.91 Å². The van der Waals surface area contributed by atoms with E-state index in [0.29, 0.717) is 35.5 Å². The number of amides is 1. The second-order valence-electron chi connectivity index (χ2n) is 6.59. The molecule has 3 aromatic rings. The zero-order valence-electron chi connectivity index (χ0n) is 14.8. The minimum Gasteiger partial charge on any atom is -0.352 e. The number of aromatic nitrogens is 3. The van der Waals surface area contributed by atoms with Crippen LogP contribution >= 0.6 is 0 Å². The summed E-state index contributed by atoms with van der Waals surface area (Å²) in [5.74, 6) is -4.60. The van der Waals surface area contributed by atoms with Gasteiger partial charge in [0.15, 0.2) is 17.5 Å². The molecule has 0 spiro atoms. The molecule has 1 aliphatic heterocycles. The third-order valence-corrected chi connectivity index (χ3v) is 4.89. The third-order valence-electron chi connectivity index (χ3n) is 4.89. The summed E-state index contributed by atoms with van der Waals surface area (Å²) in [6.45, 7) is 2.23. The number of nitrogens with one attached hydrogen (secondary N) is 1. The molecule has 0 saturated heterocycles. The number of carbonyl (C=O) groups excluding carboxylic acids is 1. The molecule has 5 nitrogen and oxygen atoms in total. The smallest absolute Gasteiger partial charge is 0.251 e. The molecule has 2 aromatic heterocycles. The first-order valence-electron chi connectivity index (χ1n) is 8.69. The fourth-order valence-corrected chi connectivity index (χ4v) is 3.33. The molecule has 0 fully saturated rings. The van der Waals surface area contributed by atoms with E-state index in [0.717, 1.165) is 17.7 Å². The molecular formula is C20H15F3N4O. The van der Waals surface area contributed by atoms with Gasteiger partial charge in [-0.25, -0.2) is 13.2 Å². The van der Waals surface area contributed by atoms with E-state index in [1.165, 1.54) is 12.4 Å². The highest BCUT2D eigenvalue weighted by Gasteiger charge is 2.22. The molecule has 0 radical (unpaired) electrons. The Morgan fingerprint density at radius 3 is 2.61 bits per heavy atom. The van der Waals surface area contributed by atoms with Crippen LogP contribution in [0.4, 0.5) is 13.2 Å². The maximum absolute atomic E-state index is 13.6. The van der Waals surface area contributed by atoms with Gasteiger partial charge in [-0.1, -0.05) is 6.92 Å². The highest BCUT2D eigenvalue weighted by atomic mass is 19.2. The lowest BCUT2D eigenvalue weighted by Crippen LogP contribution is -2.32. The maximum atomic E-state index is 13.6. The van der Waals surface area contributed by atoms with Crippen LogP contribution < -0.4 is 5.32 Å². The highest BCUT2D eigenvalue weighted by molar-refractivity contribution is 5.98. The van der Waals surface area contributed by atoms with E-state index in [-0.39, 0.29) is 11.5 Å². The van der Waals surface area contributed by atoms with Crippen molar-refractivity contribution in [3.8, 4) is 11.4 Å². The van der Waals surface area contributed by atoms with Gasteiger partial charge in [-0.05, 0) is 47.4 Å². The van der Waals surface area contributed by atoms with E-state index in [1.807, 2.05) is 0 Å². The Morgan fingerprint density at radius 2 is 1.86 bits per heavy atom. The van der Waals surface area contributed by atoms with Crippen molar-refractivity contribution in [2.24, 2.45) is 0 Å². The Balaban J connectivity index is 1.75. The molecule has 142 valence electrons. The summed E-state index contributed by atoms with van der Waals surface area (Å²) in [7, 11) is 0. The average Bonchev–Trinajstić information content (AvgIpc) is 2.71. The summed E-state index contributed by atoms with van der Waals surface area (Å²) in [5.41, 5.74) is 3.24. The van der Waals surface area contributed by atoms with Crippen molar-refractivity contribution in [1.82, 2.24) is 20.5 Å². The first-order valence-corrected chi connectivity index (χ1v) is 8.69. The molecule has 1 aliphatic rings. The molecule has 4 rings (SSSR count). The molecule has 0 aliphatic carbocycles. The molecule has 28 heavy (non-hydrogen) atoms. The monoisotopic (exact) mass is 384 g/mol. The number of halogens is 3. The van der Waals surface area contributed by atoms with Gasteiger partial charge in [-0.15, -0.1) is 5.10 Å². The predicted octanol–water partition coefficient (Wildman–Crippen LogP) is 3.39. The summed E-state index contributed by atoms with van der Waals surface area (Å²) < 4.78 is 40.4. The average molecular weight is 384 g/mol. The van der Waals surface area contributed by atoms with Crippen LogP contribution in [0, 0.1) is 17.5 Å². The van der Waals surface area contributed by atoms with Gasteiger partial charge in [-0.2, -0.15) is 5.10 Å². The molecule has 0 bridgehead atoms. The third kappa shape index (κ3) is 3.11. The van der Waals surface area contributed by atoms with E-state index >= 15 is 0 Å². The number of hydrogen-bond acceptors (Lipinski definition) is 4. The first kappa shape index (κ1) is 18.1. The van der Waals surface area contributed by atoms with Gasteiger partial charge in [0, 0.05) is 24.2 Å². The molecule has 1 amide bonds. The van der Waals surface area contributed by atoms with Crippen LogP contribution in [0.2, 0.25) is 0 Å². The van der Waals surface area contributed by atoms with Crippen LogP contribution in [0.15, 0.2) is 36.7 Å². The summed E-state index contributed by atoms with van der Waals surface area (Å²) in [4.78, 5) is 16.4. The van der Waals surface area contributed by atoms with E-state index in [2.05, 4.69) is 20.5 Å². The van der Waals surface area contributed by atoms with E-state index in [4.69, 9.17) is 0 Å². The summed E-state index contributed by atoms with van der Waals surface area (Å²) >= 11 is 0. The van der Waals surface area contributed by atoms with Crippen molar-refractivity contribution in [3.63, 3.8) is 0 Å². The zero-order valence-corrected chi connectivity index (χ0v) is 14.8. The van der Waals surface area contributed by atoms with Crippen molar-refractivity contribution in [3.05, 3.63) is 76.4 Å². The number of nitrogens with zero attached hydrogens (tertiary/aromatic N) is 3. The number of hydrogen-bond donors (Lipinski definition) is 1. The Labute approximate surface area is 158 Å². The quantitative estimate of drug-likeness (QED) is 0.703. The largest absolute Gasteiger partial charge is 0.352 e. The normalized spacial score (nSPS) is 14.4. The van der Waals surface area contributed by atoms with Crippen molar-refractivity contribution in [1.29, 1.82) is 0 Å². The Morgan fingerprint density at radius 1 is 1.11 bits per heavy atom. The summed E-state index contributed by atoms with van der Waals surface area (Å²) in [5, 5.41) is 10.9. The number of fused-ring (bicyclic) bond motifs is 1. The fourth-order valence-electron chi connectivity index (χ4n) is 3.33. The van der Waals surface area contributed by atoms with Crippen LogP contribution in [0.25, 0.3) is 11.4 Å². The molecule has 0 saturated carbocycles. The van der Waals surface area contributed by atoms with Gasteiger partial charge >= 0.3 is 0 Å². The molecule has 3 heterocycles. The lowest BCUT2D eigenvalue weighted by molar-refractivity contribution is 0.0946. The van der Waals surface area contributed by atoms with Crippen molar-refractivity contribution < 1.29 is 18.0 Å². The minimum atomic E-state index is -1.50. The topological polar surface area (TPSA) is 67.8 Å². The molecular weight excluding hydrogens is 369 g/mol. The lowest BCUT2D eigenvalue weighted by Gasteiger charge is -2.19. The van der Waals surface area contributed by atoms with E-state index < -0.39 is 23.4 Å².